The highest BCUT2D eigenvalue weighted by Crippen LogP contribution is 2.26. The van der Waals surface area contributed by atoms with Gasteiger partial charge < -0.3 is 5.11 Å². The van der Waals surface area contributed by atoms with Gasteiger partial charge in [-0.3, -0.25) is 19.2 Å². The summed E-state index contributed by atoms with van der Waals surface area (Å²) in [6.07, 6.45) is 3.09. The van der Waals surface area contributed by atoms with E-state index in [-0.39, 0.29) is 35.1 Å². The number of carbonyl (C=O) groups is 4. The van der Waals surface area contributed by atoms with Gasteiger partial charge in [0.1, 0.15) is 17.3 Å². The van der Waals surface area contributed by atoms with E-state index >= 15 is 0 Å². The number of carboxylic acids is 1. The SMILES string of the molecule is CC(=O)[C@H](CC(C)C)[C@H](C)CC(=O)Cc1ccc(Br)cc1.CC(C)C[C@H](C(=O)O)[C@@H](C)CC(=O)Cc1ccc(Br)cc1. The van der Waals surface area contributed by atoms with Crippen LogP contribution in [0.25, 0.3) is 0 Å². The van der Waals surface area contributed by atoms with E-state index in [0.29, 0.717) is 43.9 Å². The van der Waals surface area contributed by atoms with Gasteiger partial charge in [0.25, 0.3) is 0 Å². The van der Waals surface area contributed by atoms with Crippen molar-refractivity contribution in [3.8, 4) is 0 Å². The quantitative estimate of drug-likeness (QED) is 0.188. The Morgan fingerprint density at radius 3 is 1.26 bits per heavy atom. The minimum atomic E-state index is -0.798. The minimum absolute atomic E-state index is 0.00105. The molecule has 2 aromatic rings. The Kier molecular flexibility index (Phi) is 17.3. The van der Waals surface area contributed by atoms with Gasteiger partial charge in [-0.05, 0) is 78.8 Å². The normalized spacial score (nSPS) is 14.0. The highest BCUT2D eigenvalue weighted by Gasteiger charge is 2.27. The number of rotatable bonds is 16. The molecule has 0 saturated heterocycles. The summed E-state index contributed by atoms with van der Waals surface area (Å²) in [7, 11) is 0. The maximum atomic E-state index is 12.2. The summed E-state index contributed by atoms with van der Waals surface area (Å²) >= 11 is 6.75. The van der Waals surface area contributed by atoms with E-state index in [1.807, 2.05) is 76.2 Å². The number of ketones is 3. The van der Waals surface area contributed by atoms with Crippen molar-refractivity contribution < 1.29 is 24.3 Å². The zero-order chi connectivity index (χ0) is 32.0. The fourth-order valence-electron chi connectivity index (χ4n) is 5.20. The molecule has 0 aliphatic heterocycles. The summed E-state index contributed by atoms with van der Waals surface area (Å²) in [5, 5.41) is 9.31. The van der Waals surface area contributed by atoms with Crippen molar-refractivity contribution >= 4 is 55.2 Å². The van der Waals surface area contributed by atoms with E-state index in [4.69, 9.17) is 0 Å². The van der Waals surface area contributed by atoms with Crippen LogP contribution < -0.4 is 0 Å². The first-order valence-corrected chi connectivity index (χ1v) is 16.4. The van der Waals surface area contributed by atoms with Gasteiger partial charge >= 0.3 is 5.97 Å². The first-order chi connectivity index (χ1) is 19.6. The Morgan fingerprint density at radius 1 is 0.619 bits per heavy atom. The molecule has 0 aliphatic rings. The number of Topliss-reactive ketones (excluding diaryl/α,β-unsaturated/α-hetero) is 3. The molecule has 0 aromatic heterocycles. The van der Waals surface area contributed by atoms with E-state index in [1.165, 1.54) is 0 Å². The second kappa shape index (κ2) is 19.2. The lowest BCUT2D eigenvalue weighted by Crippen LogP contribution is -2.25. The molecule has 0 aliphatic carbocycles. The van der Waals surface area contributed by atoms with Crippen LogP contribution in [0, 0.1) is 35.5 Å². The summed E-state index contributed by atoms with van der Waals surface area (Å²) < 4.78 is 2.00. The van der Waals surface area contributed by atoms with Crippen LogP contribution >= 0.6 is 31.9 Å². The average molecular weight is 709 g/mol. The highest BCUT2D eigenvalue weighted by molar-refractivity contribution is 9.10. The fraction of sp³-hybridized carbons (Fsp3) is 0.543. The third-order valence-corrected chi connectivity index (χ3v) is 8.45. The lowest BCUT2D eigenvalue weighted by Gasteiger charge is -2.22. The number of carboxylic acid groups (broad SMARTS) is 1. The third kappa shape index (κ3) is 15.4. The van der Waals surface area contributed by atoms with Gasteiger partial charge in [0.05, 0.1) is 5.92 Å². The van der Waals surface area contributed by atoms with E-state index in [2.05, 4.69) is 45.7 Å². The van der Waals surface area contributed by atoms with Crippen LogP contribution in [0.1, 0.15) is 85.3 Å². The molecule has 2 rings (SSSR count). The van der Waals surface area contributed by atoms with Gasteiger partial charge in [-0.15, -0.1) is 0 Å². The molecule has 0 radical (unpaired) electrons. The number of benzene rings is 2. The van der Waals surface area contributed by atoms with Crippen LogP contribution in [0.4, 0.5) is 0 Å². The van der Waals surface area contributed by atoms with Crippen molar-refractivity contribution in [3.05, 3.63) is 68.6 Å². The van der Waals surface area contributed by atoms with Crippen LogP contribution in [0.5, 0.6) is 0 Å². The lowest BCUT2D eigenvalue weighted by molar-refractivity contribution is -0.144. The van der Waals surface area contributed by atoms with E-state index in [0.717, 1.165) is 26.5 Å². The smallest absolute Gasteiger partial charge is 0.306 e. The van der Waals surface area contributed by atoms with Crippen LogP contribution in [0.15, 0.2) is 57.5 Å². The maximum absolute atomic E-state index is 12.2. The molecule has 1 N–H and O–H groups in total. The molecule has 0 unspecified atom stereocenters. The fourth-order valence-corrected chi connectivity index (χ4v) is 5.73. The number of aliphatic carboxylic acids is 1. The van der Waals surface area contributed by atoms with Crippen molar-refractivity contribution in [1.82, 2.24) is 0 Å². The van der Waals surface area contributed by atoms with Gasteiger partial charge in [0.2, 0.25) is 0 Å². The van der Waals surface area contributed by atoms with Gasteiger partial charge in [-0.2, -0.15) is 0 Å². The number of halogens is 2. The van der Waals surface area contributed by atoms with Gasteiger partial charge in [0.15, 0.2) is 0 Å². The van der Waals surface area contributed by atoms with Gasteiger partial charge in [0, 0.05) is 40.5 Å². The van der Waals surface area contributed by atoms with E-state index in [9.17, 15) is 24.3 Å². The average Bonchev–Trinajstić information content (AvgIpc) is 2.88. The predicted octanol–water partition coefficient (Wildman–Crippen LogP) is 9.17. The minimum Gasteiger partial charge on any atom is -0.481 e. The van der Waals surface area contributed by atoms with Crippen LogP contribution in [0.3, 0.4) is 0 Å². The molecule has 2 aromatic carbocycles. The highest BCUT2D eigenvalue weighted by atomic mass is 79.9. The van der Waals surface area contributed by atoms with Crippen molar-refractivity contribution in [2.45, 2.75) is 87.0 Å². The summed E-state index contributed by atoms with van der Waals surface area (Å²) in [5.74, 6) is 0.0384. The number of hydrogen-bond donors (Lipinski definition) is 1. The summed E-state index contributed by atoms with van der Waals surface area (Å²) in [6, 6.07) is 15.5. The van der Waals surface area contributed by atoms with Crippen LogP contribution in [-0.4, -0.2) is 28.4 Å². The predicted molar refractivity (Wildman–Crippen MR) is 177 cm³/mol. The standard InChI is InChI=1S/C18H25BrO2.C17H23BrO3/c1-12(2)9-18(14(4)20)13(3)10-17(21)11-15-5-7-16(19)8-6-15;1-11(2)8-16(17(20)21)12(3)9-15(19)10-13-4-6-14(18)7-5-13/h5-8,12-13,18H,9-11H2,1-4H3;4-7,11-12,16H,8-10H2,1-3H3,(H,20,21)/t13-,18-;12-,16-/m10/s1. The van der Waals surface area contributed by atoms with Crippen LogP contribution in [0.2, 0.25) is 0 Å². The molecule has 0 bridgehead atoms. The topological polar surface area (TPSA) is 88.5 Å². The van der Waals surface area contributed by atoms with E-state index in [1.54, 1.807) is 6.92 Å². The molecule has 0 saturated carbocycles. The summed E-state index contributed by atoms with van der Waals surface area (Å²) in [4.78, 5) is 47.4. The van der Waals surface area contributed by atoms with E-state index < -0.39 is 11.9 Å². The van der Waals surface area contributed by atoms with Gasteiger partial charge in [-0.25, -0.2) is 0 Å². The Bertz CT molecular complexity index is 1050. The van der Waals surface area contributed by atoms with Crippen LogP contribution in [-0.2, 0) is 32.0 Å². The zero-order valence-electron chi connectivity index (χ0n) is 26.2. The molecule has 0 amide bonds. The Balaban J connectivity index is 0.000000420. The molecule has 7 heteroatoms. The molecule has 42 heavy (non-hydrogen) atoms. The summed E-state index contributed by atoms with van der Waals surface area (Å²) in [5.41, 5.74) is 1.99. The van der Waals surface area contributed by atoms with Crippen molar-refractivity contribution in [2.75, 3.05) is 0 Å². The molecule has 0 fully saturated rings. The Labute approximate surface area is 269 Å². The first kappa shape index (κ1) is 37.9. The molecule has 4 atom stereocenters. The number of hydrogen-bond acceptors (Lipinski definition) is 4. The van der Waals surface area contributed by atoms with Gasteiger partial charge in [-0.1, -0.05) is 97.7 Å². The molecule has 0 heterocycles. The first-order valence-electron chi connectivity index (χ1n) is 14.8. The molecular weight excluding hydrogens is 660 g/mol. The van der Waals surface area contributed by atoms with Crippen molar-refractivity contribution in [1.29, 1.82) is 0 Å². The second-order valence-electron chi connectivity index (χ2n) is 12.5. The largest absolute Gasteiger partial charge is 0.481 e. The molecule has 232 valence electrons. The third-order valence-electron chi connectivity index (χ3n) is 7.39. The second-order valence-corrected chi connectivity index (χ2v) is 14.3. The number of carbonyl (C=O) groups excluding carboxylic acids is 3. The summed E-state index contributed by atoms with van der Waals surface area (Å²) in [6.45, 7) is 13.8. The maximum Gasteiger partial charge on any atom is 0.306 e. The monoisotopic (exact) mass is 706 g/mol. The lowest BCUT2D eigenvalue weighted by atomic mass is 9.81. The molecular formula is C35H48Br2O5. The molecule has 5 nitrogen and oxygen atoms in total. The Morgan fingerprint density at radius 2 is 0.952 bits per heavy atom. The van der Waals surface area contributed by atoms with Crippen molar-refractivity contribution in [3.63, 3.8) is 0 Å². The molecule has 0 spiro atoms. The zero-order valence-corrected chi connectivity index (χ0v) is 29.3. The van der Waals surface area contributed by atoms with Crippen molar-refractivity contribution in [2.24, 2.45) is 35.5 Å². The Hall–Kier alpha value is -2.12.